The summed E-state index contributed by atoms with van der Waals surface area (Å²) in [5.41, 5.74) is 0.847. The summed E-state index contributed by atoms with van der Waals surface area (Å²) >= 11 is 6.11. The maximum absolute atomic E-state index is 12.4. The Balaban J connectivity index is 1.97. The number of rotatable bonds is 9. The first-order valence-corrected chi connectivity index (χ1v) is 10.4. The van der Waals surface area contributed by atoms with Gasteiger partial charge in [-0.05, 0) is 29.7 Å². The van der Waals surface area contributed by atoms with Gasteiger partial charge in [0.05, 0.1) is 9.92 Å². The lowest BCUT2D eigenvalue weighted by atomic mass is 10.2. The van der Waals surface area contributed by atoms with Gasteiger partial charge in [0.15, 0.2) is 6.61 Å². The van der Waals surface area contributed by atoms with Gasteiger partial charge in [0.1, 0.15) is 5.75 Å². The Bertz CT molecular complexity index is 871. The summed E-state index contributed by atoms with van der Waals surface area (Å²) in [5, 5.41) is 2.85. The average molecular weight is 411 g/mol. The van der Waals surface area contributed by atoms with Gasteiger partial charge in [-0.1, -0.05) is 55.8 Å². The van der Waals surface area contributed by atoms with Crippen molar-refractivity contribution < 1.29 is 17.9 Å². The van der Waals surface area contributed by atoms with Crippen LogP contribution in [0.2, 0.25) is 5.02 Å². The van der Waals surface area contributed by atoms with Crippen LogP contribution in [-0.4, -0.2) is 27.5 Å². The van der Waals surface area contributed by atoms with E-state index in [2.05, 4.69) is 10.0 Å². The minimum absolute atomic E-state index is 0.0278. The fourth-order valence-corrected chi connectivity index (χ4v) is 3.48. The highest BCUT2D eigenvalue weighted by Crippen LogP contribution is 2.27. The molecule has 0 aromatic heterocycles. The van der Waals surface area contributed by atoms with Crippen molar-refractivity contribution in [3.05, 3.63) is 59.1 Å². The predicted molar refractivity (Wildman–Crippen MR) is 105 cm³/mol. The Morgan fingerprint density at radius 2 is 1.85 bits per heavy atom. The topological polar surface area (TPSA) is 84.5 Å². The summed E-state index contributed by atoms with van der Waals surface area (Å²) in [6.07, 6.45) is 0. The first-order valence-electron chi connectivity index (χ1n) is 8.50. The molecule has 0 saturated carbocycles. The number of carbonyl (C=O) groups excluding carboxylic acids is 1. The normalized spacial score (nSPS) is 11.4. The summed E-state index contributed by atoms with van der Waals surface area (Å²) < 4.78 is 32.7. The molecule has 0 atom stereocenters. The van der Waals surface area contributed by atoms with Crippen LogP contribution in [0.3, 0.4) is 0 Å². The molecule has 0 saturated heterocycles. The largest absolute Gasteiger partial charge is 0.482 e. The average Bonchev–Trinajstić information content (AvgIpc) is 2.64. The number of carbonyl (C=O) groups is 1. The highest BCUT2D eigenvalue weighted by molar-refractivity contribution is 7.89. The Labute approximate surface area is 164 Å². The van der Waals surface area contributed by atoms with Gasteiger partial charge in [0.25, 0.3) is 5.91 Å². The van der Waals surface area contributed by atoms with Crippen molar-refractivity contribution in [3.63, 3.8) is 0 Å². The lowest BCUT2D eigenvalue weighted by Crippen LogP contribution is -2.31. The molecule has 0 aliphatic rings. The molecule has 0 fully saturated rings. The molecule has 0 aliphatic heterocycles. The molecule has 2 rings (SSSR count). The molecule has 1 amide bonds. The minimum atomic E-state index is -3.72. The van der Waals surface area contributed by atoms with Crippen molar-refractivity contribution in [2.75, 3.05) is 13.2 Å². The molecule has 0 heterocycles. The van der Waals surface area contributed by atoms with Crippen LogP contribution in [0.4, 0.5) is 0 Å². The maximum atomic E-state index is 12.4. The summed E-state index contributed by atoms with van der Waals surface area (Å²) in [6, 6.07) is 13.3. The van der Waals surface area contributed by atoms with E-state index in [0.717, 1.165) is 5.56 Å². The Hall–Kier alpha value is -2.09. The monoisotopic (exact) mass is 410 g/mol. The first kappa shape index (κ1) is 21.2. The Morgan fingerprint density at radius 1 is 1.15 bits per heavy atom. The Morgan fingerprint density at radius 3 is 2.48 bits per heavy atom. The second kappa shape index (κ2) is 9.73. The van der Waals surface area contributed by atoms with Crippen LogP contribution in [0.15, 0.2) is 53.4 Å². The number of nitrogens with one attached hydrogen (secondary N) is 2. The van der Waals surface area contributed by atoms with E-state index in [-0.39, 0.29) is 34.7 Å². The van der Waals surface area contributed by atoms with Gasteiger partial charge in [-0.25, -0.2) is 13.1 Å². The minimum Gasteiger partial charge on any atom is -0.482 e. The van der Waals surface area contributed by atoms with Gasteiger partial charge in [-0.15, -0.1) is 0 Å². The molecule has 6 nitrogen and oxygen atoms in total. The first-order chi connectivity index (χ1) is 12.8. The van der Waals surface area contributed by atoms with Crippen molar-refractivity contribution in [3.8, 4) is 5.75 Å². The summed E-state index contributed by atoms with van der Waals surface area (Å²) in [4.78, 5) is 11.7. The van der Waals surface area contributed by atoms with E-state index in [1.54, 1.807) is 0 Å². The number of hydrogen-bond acceptors (Lipinski definition) is 4. The van der Waals surface area contributed by atoms with E-state index in [4.69, 9.17) is 16.3 Å². The van der Waals surface area contributed by atoms with Gasteiger partial charge in [0.2, 0.25) is 10.0 Å². The van der Waals surface area contributed by atoms with E-state index in [9.17, 15) is 13.2 Å². The van der Waals surface area contributed by atoms with Gasteiger partial charge in [0, 0.05) is 13.1 Å². The number of amides is 1. The summed E-state index contributed by atoms with van der Waals surface area (Å²) in [6.45, 7) is 4.52. The van der Waals surface area contributed by atoms with Crippen molar-refractivity contribution in [1.29, 1.82) is 0 Å². The van der Waals surface area contributed by atoms with Gasteiger partial charge < -0.3 is 10.1 Å². The maximum Gasteiger partial charge on any atom is 0.257 e. The van der Waals surface area contributed by atoms with E-state index in [0.29, 0.717) is 12.5 Å². The third kappa shape index (κ3) is 6.86. The van der Waals surface area contributed by atoms with Crippen LogP contribution in [0.5, 0.6) is 5.75 Å². The fraction of sp³-hybridized carbons (Fsp3) is 0.316. The Kier molecular flexibility index (Phi) is 7.65. The smallest absolute Gasteiger partial charge is 0.257 e. The van der Waals surface area contributed by atoms with E-state index in [1.807, 2.05) is 44.2 Å². The van der Waals surface area contributed by atoms with Gasteiger partial charge >= 0.3 is 0 Å². The molecule has 0 aliphatic carbocycles. The molecule has 0 bridgehead atoms. The number of hydrogen-bond donors (Lipinski definition) is 2. The van der Waals surface area contributed by atoms with Crippen molar-refractivity contribution in [1.82, 2.24) is 10.0 Å². The number of benzene rings is 2. The zero-order valence-electron chi connectivity index (χ0n) is 15.2. The molecule has 0 spiro atoms. The molecule has 27 heavy (non-hydrogen) atoms. The summed E-state index contributed by atoms with van der Waals surface area (Å²) in [5.74, 6) is 0.324. The zero-order chi connectivity index (χ0) is 19.9. The van der Waals surface area contributed by atoms with Crippen LogP contribution in [0.25, 0.3) is 0 Å². The zero-order valence-corrected chi connectivity index (χ0v) is 16.8. The SMILES string of the molecule is CC(C)CNC(=O)COc1ccc(S(=O)(=O)NCc2ccccc2)cc1Cl. The van der Waals surface area contributed by atoms with Crippen LogP contribution >= 0.6 is 11.6 Å². The molecular weight excluding hydrogens is 388 g/mol. The second-order valence-corrected chi connectivity index (χ2v) is 8.56. The molecule has 2 aromatic rings. The third-order valence-electron chi connectivity index (χ3n) is 3.59. The quantitative estimate of drug-likeness (QED) is 0.665. The second-order valence-electron chi connectivity index (χ2n) is 6.39. The standard InChI is InChI=1S/C19H23ClN2O4S/c1-14(2)11-21-19(23)13-26-18-9-8-16(10-17(18)20)27(24,25)22-12-15-6-4-3-5-7-15/h3-10,14,22H,11-13H2,1-2H3,(H,21,23). The molecule has 0 radical (unpaired) electrons. The highest BCUT2D eigenvalue weighted by atomic mass is 35.5. The van der Waals surface area contributed by atoms with Crippen LogP contribution in [0, 0.1) is 5.92 Å². The number of halogens is 1. The number of sulfonamides is 1. The third-order valence-corrected chi connectivity index (χ3v) is 5.28. The van der Waals surface area contributed by atoms with Crippen LogP contribution < -0.4 is 14.8 Å². The lowest BCUT2D eigenvalue weighted by molar-refractivity contribution is -0.123. The molecular formula is C19H23ClN2O4S. The highest BCUT2D eigenvalue weighted by Gasteiger charge is 2.16. The number of ether oxygens (including phenoxy) is 1. The van der Waals surface area contributed by atoms with E-state index < -0.39 is 10.0 Å². The predicted octanol–water partition coefficient (Wildman–Crippen LogP) is 2.97. The van der Waals surface area contributed by atoms with Crippen molar-refractivity contribution in [2.45, 2.75) is 25.3 Å². The van der Waals surface area contributed by atoms with E-state index >= 15 is 0 Å². The van der Waals surface area contributed by atoms with Crippen molar-refractivity contribution in [2.24, 2.45) is 5.92 Å². The lowest BCUT2D eigenvalue weighted by Gasteiger charge is -2.12. The molecule has 146 valence electrons. The van der Waals surface area contributed by atoms with Crippen molar-refractivity contribution >= 4 is 27.5 Å². The molecule has 2 N–H and O–H groups in total. The summed E-state index contributed by atoms with van der Waals surface area (Å²) in [7, 11) is -3.72. The van der Waals surface area contributed by atoms with E-state index in [1.165, 1.54) is 18.2 Å². The van der Waals surface area contributed by atoms with Crippen LogP contribution in [0.1, 0.15) is 19.4 Å². The van der Waals surface area contributed by atoms with Gasteiger partial charge in [-0.3, -0.25) is 4.79 Å². The molecule has 8 heteroatoms. The fourth-order valence-electron chi connectivity index (χ4n) is 2.14. The molecule has 2 aromatic carbocycles. The van der Waals surface area contributed by atoms with Gasteiger partial charge in [-0.2, -0.15) is 0 Å². The van der Waals surface area contributed by atoms with Crippen LogP contribution in [-0.2, 0) is 21.4 Å². The molecule has 0 unspecified atom stereocenters.